The molecule has 17 heavy (non-hydrogen) atoms. The van der Waals surface area contributed by atoms with Crippen LogP contribution in [-0.2, 0) is 7.05 Å². The lowest BCUT2D eigenvalue weighted by atomic mass is 10.1. The maximum Gasteiger partial charge on any atom is 0.143 e. The predicted molar refractivity (Wildman–Crippen MR) is 68.2 cm³/mol. The zero-order valence-electron chi connectivity index (χ0n) is 10.4. The van der Waals surface area contributed by atoms with Crippen LogP contribution < -0.4 is 10.5 Å². The third kappa shape index (κ3) is 1.90. The number of benzene rings is 1. The van der Waals surface area contributed by atoms with E-state index in [4.69, 9.17) is 10.5 Å². The molecule has 1 atom stereocenters. The molecule has 0 radical (unpaired) electrons. The van der Waals surface area contributed by atoms with E-state index in [1.165, 1.54) is 0 Å². The molecule has 0 amide bonds. The van der Waals surface area contributed by atoms with Gasteiger partial charge in [0.25, 0.3) is 0 Å². The van der Waals surface area contributed by atoms with Crippen molar-refractivity contribution in [3.63, 3.8) is 0 Å². The molecule has 1 unspecified atom stereocenters. The first-order valence-electron chi connectivity index (χ1n) is 5.60. The highest BCUT2D eigenvalue weighted by Gasteiger charge is 2.16. The van der Waals surface area contributed by atoms with Gasteiger partial charge < -0.3 is 20.1 Å². The van der Waals surface area contributed by atoms with E-state index in [9.17, 15) is 5.11 Å². The molecule has 92 valence electrons. The number of aliphatic hydroxyl groups excluding tert-OH is 1. The number of rotatable bonds is 3. The summed E-state index contributed by atoms with van der Waals surface area (Å²) < 4.78 is 7.34. The number of aromatic nitrogens is 1. The lowest BCUT2D eigenvalue weighted by molar-refractivity contribution is 0.188. The summed E-state index contributed by atoms with van der Waals surface area (Å²) in [6.07, 6.45) is 1.27. The standard InChI is InChI=1S/C13H18N2O2/c1-8-4-9-10(11(16)6-14)7-15(2)13(9)12(5-8)17-3/h4-5,7,11,16H,6,14H2,1-3H3. The molecule has 0 saturated heterocycles. The van der Waals surface area contributed by atoms with Crippen molar-refractivity contribution in [3.8, 4) is 5.75 Å². The summed E-state index contributed by atoms with van der Waals surface area (Å²) >= 11 is 0. The average molecular weight is 234 g/mol. The van der Waals surface area contributed by atoms with Gasteiger partial charge in [-0.3, -0.25) is 0 Å². The fourth-order valence-corrected chi connectivity index (χ4v) is 2.22. The minimum absolute atomic E-state index is 0.218. The lowest BCUT2D eigenvalue weighted by Gasteiger charge is -2.08. The van der Waals surface area contributed by atoms with Gasteiger partial charge in [0, 0.05) is 30.7 Å². The summed E-state index contributed by atoms with van der Waals surface area (Å²) in [4.78, 5) is 0. The highest BCUT2D eigenvalue weighted by molar-refractivity contribution is 5.90. The first-order valence-corrected chi connectivity index (χ1v) is 5.60. The Balaban J connectivity index is 2.77. The Kier molecular flexibility index (Phi) is 3.09. The summed E-state index contributed by atoms with van der Waals surface area (Å²) in [5.74, 6) is 0.818. The molecule has 4 heteroatoms. The van der Waals surface area contributed by atoms with Crippen molar-refractivity contribution in [3.05, 3.63) is 29.5 Å². The Morgan fingerprint density at radius 1 is 1.47 bits per heavy atom. The van der Waals surface area contributed by atoms with Crippen LogP contribution in [0.1, 0.15) is 17.2 Å². The first kappa shape index (κ1) is 12.0. The Bertz CT molecular complexity index is 546. The van der Waals surface area contributed by atoms with Crippen molar-refractivity contribution in [2.24, 2.45) is 12.8 Å². The van der Waals surface area contributed by atoms with E-state index >= 15 is 0 Å². The topological polar surface area (TPSA) is 60.4 Å². The van der Waals surface area contributed by atoms with Crippen molar-refractivity contribution in [2.45, 2.75) is 13.0 Å². The van der Waals surface area contributed by atoms with Gasteiger partial charge in [0.1, 0.15) is 5.75 Å². The quantitative estimate of drug-likeness (QED) is 0.845. The molecule has 2 rings (SSSR count). The molecule has 0 bridgehead atoms. The van der Waals surface area contributed by atoms with Gasteiger partial charge in [0.2, 0.25) is 0 Å². The smallest absolute Gasteiger partial charge is 0.143 e. The lowest BCUT2D eigenvalue weighted by Crippen LogP contribution is -2.11. The molecule has 2 aromatic rings. The van der Waals surface area contributed by atoms with Crippen LogP contribution in [0.5, 0.6) is 5.75 Å². The van der Waals surface area contributed by atoms with E-state index in [2.05, 4.69) is 0 Å². The van der Waals surface area contributed by atoms with Crippen molar-refractivity contribution in [1.82, 2.24) is 4.57 Å². The van der Waals surface area contributed by atoms with E-state index in [-0.39, 0.29) is 6.54 Å². The van der Waals surface area contributed by atoms with Gasteiger partial charge in [0.15, 0.2) is 0 Å². The molecule has 0 saturated carbocycles. The summed E-state index contributed by atoms with van der Waals surface area (Å²) in [6.45, 7) is 2.23. The fourth-order valence-electron chi connectivity index (χ4n) is 2.22. The Morgan fingerprint density at radius 2 is 2.18 bits per heavy atom. The van der Waals surface area contributed by atoms with E-state index in [0.717, 1.165) is 27.8 Å². The summed E-state index contributed by atoms with van der Waals surface area (Å²) in [6, 6.07) is 4.03. The third-order valence-electron chi connectivity index (χ3n) is 3.02. The second-order valence-electron chi connectivity index (χ2n) is 4.31. The average Bonchev–Trinajstić information content (AvgIpc) is 2.64. The number of methoxy groups -OCH3 is 1. The van der Waals surface area contributed by atoms with Crippen LogP contribution in [0.4, 0.5) is 0 Å². The molecular formula is C13H18N2O2. The van der Waals surface area contributed by atoms with Crippen LogP contribution in [0.25, 0.3) is 10.9 Å². The highest BCUT2D eigenvalue weighted by atomic mass is 16.5. The van der Waals surface area contributed by atoms with E-state index in [1.54, 1.807) is 7.11 Å². The maximum atomic E-state index is 9.92. The highest BCUT2D eigenvalue weighted by Crippen LogP contribution is 2.33. The summed E-state index contributed by atoms with van der Waals surface area (Å²) in [7, 11) is 3.59. The van der Waals surface area contributed by atoms with Crippen LogP contribution in [0.15, 0.2) is 18.3 Å². The van der Waals surface area contributed by atoms with E-state index < -0.39 is 6.10 Å². The molecule has 0 aliphatic rings. The number of aliphatic hydroxyl groups is 1. The molecule has 0 aliphatic heterocycles. The molecular weight excluding hydrogens is 216 g/mol. The molecule has 1 aromatic heterocycles. The molecule has 0 fully saturated rings. The van der Waals surface area contributed by atoms with Gasteiger partial charge in [-0.1, -0.05) is 0 Å². The second-order valence-corrected chi connectivity index (χ2v) is 4.31. The number of nitrogens with zero attached hydrogens (tertiary/aromatic N) is 1. The molecule has 3 N–H and O–H groups in total. The van der Waals surface area contributed by atoms with Crippen LogP contribution in [0.2, 0.25) is 0 Å². The third-order valence-corrected chi connectivity index (χ3v) is 3.02. The maximum absolute atomic E-state index is 9.92. The number of fused-ring (bicyclic) bond motifs is 1. The van der Waals surface area contributed by atoms with Crippen LogP contribution >= 0.6 is 0 Å². The van der Waals surface area contributed by atoms with Gasteiger partial charge >= 0.3 is 0 Å². The molecule has 0 spiro atoms. The molecule has 4 nitrogen and oxygen atoms in total. The van der Waals surface area contributed by atoms with Gasteiger partial charge in [-0.2, -0.15) is 0 Å². The molecule has 1 aromatic carbocycles. The zero-order valence-corrected chi connectivity index (χ0v) is 10.4. The number of hydrogen-bond acceptors (Lipinski definition) is 3. The number of aryl methyl sites for hydroxylation is 2. The SMILES string of the molecule is COc1cc(C)cc2c(C(O)CN)cn(C)c12. The molecule has 1 heterocycles. The van der Waals surface area contributed by atoms with Gasteiger partial charge in [0.05, 0.1) is 18.7 Å². The van der Waals surface area contributed by atoms with Gasteiger partial charge in [-0.05, 0) is 24.6 Å². The largest absolute Gasteiger partial charge is 0.495 e. The monoisotopic (exact) mass is 234 g/mol. The van der Waals surface area contributed by atoms with Crippen LogP contribution in [0, 0.1) is 6.92 Å². The van der Waals surface area contributed by atoms with Gasteiger partial charge in [-0.25, -0.2) is 0 Å². The van der Waals surface area contributed by atoms with Crippen molar-refractivity contribution in [1.29, 1.82) is 0 Å². The second kappa shape index (κ2) is 4.39. The molecule has 0 aliphatic carbocycles. The number of ether oxygens (including phenoxy) is 1. The van der Waals surface area contributed by atoms with E-state index in [0.29, 0.717) is 0 Å². The van der Waals surface area contributed by atoms with Crippen LogP contribution in [0.3, 0.4) is 0 Å². The Morgan fingerprint density at radius 3 is 2.76 bits per heavy atom. The number of hydrogen-bond donors (Lipinski definition) is 2. The summed E-state index contributed by atoms with van der Waals surface area (Å²) in [5.41, 5.74) is 8.47. The van der Waals surface area contributed by atoms with Gasteiger partial charge in [-0.15, -0.1) is 0 Å². The predicted octanol–water partition coefficient (Wildman–Crippen LogP) is 1.49. The normalized spacial score (nSPS) is 13.0. The Labute approximate surface area is 101 Å². The van der Waals surface area contributed by atoms with E-state index in [1.807, 2.05) is 36.9 Å². The summed E-state index contributed by atoms with van der Waals surface area (Å²) in [5, 5.41) is 10.9. The van der Waals surface area contributed by atoms with Crippen LogP contribution in [-0.4, -0.2) is 23.3 Å². The Hall–Kier alpha value is -1.52. The van der Waals surface area contributed by atoms with Crippen molar-refractivity contribution in [2.75, 3.05) is 13.7 Å². The first-order chi connectivity index (χ1) is 8.08. The minimum Gasteiger partial charge on any atom is -0.495 e. The van der Waals surface area contributed by atoms with Crippen molar-refractivity contribution < 1.29 is 9.84 Å². The number of nitrogens with two attached hydrogens (primary N) is 1. The minimum atomic E-state index is -0.634. The zero-order chi connectivity index (χ0) is 12.6. The van der Waals surface area contributed by atoms with Crippen molar-refractivity contribution >= 4 is 10.9 Å². The fraction of sp³-hybridized carbons (Fsp3) is 0.385.